The van der Waals surface area contributed by atoms with Crippen LogP contribution in [0.2, 0.25) is 5.02 Å². The van der Waals surface area contributed by atoms with Gasteiger partial charge in [-0.25, -0.2) is 8.42 Å². The Morgan fingerprint density at radius 2 is 1.86 bits per heavy atom. The molecule has 2 aromatic carbocycles. The van der Waals surface area contributed by atoms with E-state index in [1.165, 1.54) is 39.9 Å². The summed E-state index contributed by atoms with van der Waals surface area (Å²) in [6.45, 7) is 1.93. The number of nitrogens with zero attached hydrogens (tertiary/aromatic N) is 3. The summed E-state index contributed by atoms with van der Waals surface area (Å²) in [5.74, 6) is -0.421. The summed E-state index contributed by atoms with van der Waals surface area (Å²) in [5.41, 5.74) is 2.22. The highest BCUT2D eigenvalue weighted by Gasteiger charge is 2.35. The average molecular weight is 450 g/mol. The predicted octanol–water partition coefficient (Wildman–Crippen LogP) is 3.73. The molecule has 1 aliphatic rings. The first-order chi connectivity index (χ1) is 13.7. The molecular weight excluding hydrogens is 430 g/mol. The third kappa shape index (κ3) is 3.66. The molecule has 152 valence electrons. The third-order valence-corrected chi connectivity index (χ3v) is 8.62. The van der Waals surface area contributed by atoms with Crippen LogP contribution in [0.5, 0.6) is 0 Å². The van der Waals surface area contributed by atoms with Gasteiger partial charge in [-0.3, -0.25) is 4.79 Å². The number of hydrogen-bond donors (Lipinski definition) is 0. The number of carbonyl (C=O) groups excluding carboxylic acids is 1. The number of thiazole rings is 1. The number of fused-ring (bicyclic) bond motifs is 1. The number of halogens is 1. The van der Waals surface area contributed by atoms with Crippen LogP contribution < -0.4 is 4.80 Å². The van der Waals surface area contributed by atoms with E-state index in [4.69, 9.17) is 11.6 Å². The van der Waals surface area contributed by atoms with Crippen LogP contribution in [-0.4, -0.2) is 36.3 Å². The summed E-state index contributed by atoms with van der Waals surface area (Å²) in [6.07, 6.45) is 1.78. The lowest BCUT2D eigenvalue weighted by molar-refractivity contribution is 0.0998. The van der Waals surface area contributed by atoms with Crippen molar-refractivity contribution in [1.82, 2.24) is 8.87 Å². The standard InChI is InChI=1S/C20H20ClN3O3S2/c1-12-16(21)10-11-17-18(12)23(2)20(28-17)22-19(25)13-4-8-15(9-5-13)29(26,27)24(3)14-6-7-14/h4-5,8-11,14H,6-7H2,1-3H3. The van der Waals surface area contributed by atoms with Crippen molar-refractivity contribution < 1.29 is 13.2 Å². The Balaban J connectivity index is 1.66. The maximum Gasteiger partial charge on any atom is 0.279 e. The van der Waals surface area contributed by atoms with Crippen molar-refractivity contribution in [3.63, 3.8) is 0 Å². The first-order valence-electron chi connectivity index (χ1n) is 9.12. The topological polar surface area (TPSA) is 71.7 Å². The summed E-state index contributed by atoms with van der Waals surface area (Å²) in [4.78, 5) is 17.6. The Hall–Kier alpha value is -2.00. The van der Waals surface area contributed by atoms with E-state index >= 15 is 0 Å². The van der Waals surface area contributed by atoms with Crippen molar-refractivity contribution >= 4 is 49.1 Å². The molecule has 0 atom stereocenters. The lowest BCUT2D eigenvalue weighted by atomic mass is 10.2. The van der Waals surface area contributed by atoms with Gasteiger partial charge in [0, 0.05) is 30.7 Å². The maximum atomic E-state index is 12.6. The lowest BCUT2D eigenvalue weighted by Gasteiger charge is -2.16. The van der Waals surface area contributed by atoms with Gasteiger partial charge in [0.15, 0.2) is 4.80 Å². The number of aryl methyl sites for hydroxylation is 2. The van der Waals surface area contributed by atoms with Crippen molar-refractivity contribution in [2.75, 3.05) is 7.05 Å². The van der Waals surface area contributed by atoms with Crippen LogP contribution in [0.3, 0.4) is 0 Å². The quantitative estimate of drug-likeness (QED) is 0.609. The fraction of sp³-hybridized carbons (Fsp3) is 0.300. The molecule has 1 aromatic heterocycles. The highest BCUT2D eigenvalue weighted by molar-refractivity contribution is 7.89. The molecule has 4 rings (SSSR count). The molecule has 3 aromatic rings. The highest BCUT2D eigenvalue weighted by Crippen LogP contribution is 2.30. The van der Waals surface area contributed by atoms with Gasteiger partial charge in [-0.15, -0.1) is 0 Å². The molecule has 0 radical (unpaired) electrons. The van der Waals surface area contributed by atoms with E-state index < -0.39 is 15.9 Å². The first kappa shape index (κ1) is 20.3. The molecule has 0 bridgehead atoms. The fourth-order valence-corrected chi connectivity index (χ4v) is 5.88. The van der Waals surface area contributed by atoms with E-state index in [9.17, 15) is 13.2 Å². The summed E-state index contributed by atoms with van der Waals surface area (Å²) >= 11 is 7.61. The first-order valence-corrected chi connectivity index (χ1v) is 11.8. The van der Waals surface area contributed by atoms with E-state index in [2.05, 4.69) is 4.99 Å². The maximum absolute atomic E-state index is 12.6. The Bertz CT molecular complexity index is 1290. The third-order valence-electron chi connectivity index (χ3n) is 5.19. The van der Waals surface area contributed by atoms with E-state index in [-0.39, 0.29) is 10.9 Å². The van der Waals surface area contributed by atoms with Gasteiger partial charge in [0.25, 0.3) is 5.91 Å². The number of aromatic nitrogens is 1. The van der Waals surface area contributed by atoms with Crippen molar-refractivity contribution in [3.05, 3.63) is 57.3 Å². The number of rotatable bonds is 4. The molecule has 1 fully saturated rings. The van der Waals surface area contributed by atoms with Crippen LogP contribution in [0, 0.1) is 6.92 Å². The minimum atomic E-state index is -3.53. The Labute approximate surface area is 178 Å². The van der Waals surface area contributed by atoms with Crippen LogP contribution in [0.15, 0.2) is 46.3 Å². The highest BCUT2D eigenvalue weighted by atomic mass is 35.5. The summed E-state index contributed by atoms with van der Waals surface area (Å²) < 4.78 is 29.4. The van der Waals surface area contributed by atoms with Crippen LogP contribution in [-0.2, 0) is 17.1 Å². The number of carbonyl (C=O) groups is 1. The number of amides is 1. The zero-order chi connectivity index (χ0) is 20.9. The molecule has 0 N–H and O–H groups in total. The molecule has 1 saturated carbocycles. The predicted molar refractivity (Wildman–Crippen MR) is 115 cm³/mol. The van der Waals surface area contributed by atoms with Crippen molar-refractivity contribution in [3.8, 4) is 0 Å². The van der Waals surface area contributed by atoms with Gasteiger partial charge < -0.3 is 4.57 Å². The summed E-state index contributed by atoms with van der Waals surface area (Å²) in [5, 5.41) is 0.664. The summed E-state index contributed by atoms with van der Waals surface area (Å²) in [6, 6.07) is 9.77. The Kier molecular flexibility index (Phi) is 5.14. The van der Waals surface area contributed by atoms with Gasteiger partial charge in [0.1, 0.15) is 0 Å². The van der Waals surface area contributed by atoms with Crippen LogP contribution in [0.25, 0.3) is 10.2 Å². The number of benzene rings is 2. The zero-order valence-electron chi connectivity index (χ0n) is 16.2. The minimum Gasteiger partial charge on any atom is -0.319 e. The van der Waals surface area contributed by atoms with Crippen molar-refractivity contribution in [2.45, 2.75) is 30.7 Å². The average Bonchev–Trinajstić information content (AvgIpc) is 3.50. The van der Waals surface area contributed by atoms with E-state index in [0.717, 1.165) is 28.6 Å². The fourth-order valence-electron chi connectivity index (χ4n) is 3.23. The van der Waals surface area contributed by atoms with E-state index in [1.54, 1.807) is 7.05 Å². The zero-order valence-corrected chi connectivity index (χ0v) is 18.6. The van der Waals surface area contributed by atoms with Gasteiger partial charge in [-0.2, -0.15) is 9.30 Å². The monoisotopic (exact) mass is 449 g/mol. The van der Waals surface area contributed by atoms with Gasteiger partial charge in [0.2, 0.25) is 10.0 Å². The minimum absolute atomic E-state index is 0.0845. The van der Waals surface area contributed by atoms with Crippen molar-refractivity contribution in [2.24, 2.45) is 12.0 Å². The lowest BCUT2D eigenvalue weighted by Crippen LogP contribution is -2.28. The molecule has 1 aliphatic carbocycles. The second-order valence-corrected chi connectivity index (χ2v) is 10.6. The van der Waals surface area contributed by atoms with Gasteiger partial charge >= 0.3 is 0 Å². The molecule has 0 saturated heterocycles. The van der Waals surface area contributed by atoms with E-state index in [1.807, 2.05) is 30.7 Å². The SMILES string of the molecule is Cc1c(Cl)ccc2sc(=NC(=O)c3ccc(S(=O)(=O)N(C)C4CC4)cc3)n(C)c12. The van der Waals surface area contributed by atoms with Crippen LogP contribution in [0.1, 0.15) is 28.8 Å². The number of hydrogen-bond acceptors (Lipinski definition) is 4. The summed E-state index contributed by atoms with van der Waals surface area (Å²) in [7, 11) is -0.0939. The van der Waals surface area contributed by atoms with Gasteiger partial charge in [0.05, 0.1) is 15.1 Å². The molecule has 0 spiro atoms. The number of sulfonamides is 1. The molecule has 9 heteroatoms. The molecule has 1 amide bonds. The second kappa shape index (κ2) is 7.36. The molecule has 0 unspecified atom stereocenters. The van der Waals surface area contributed by atoms with Crippen LogP contribution >= 0.6 is 22.9 Å². The molecule has 0 aliphatic heterocycles. The Morgan fingerprint density at radius 1 is 1.21 bits per heavy atom. The van der Waals surface area contributed by atoms with Gasteiger partial charge in [-0.05, 0) is 61.7 Å². The van der Waals surface area contributed by atoms with Crippen molar-refractivity contribution in [1.29, 1.82) is 0 Å². The molecule has 6 nitrogen and oxygen atoms in total. The van der Waals surface area contributed by atoms with Crippen LogP contribution in [0.4, 0.5) is 0 Å². The molecule has 29 heavy (non-hydrogen) atoms. The molecular formula is C20H20ClN3O3S2. The van der Waals surface area contributed by atoms with E-state index in [0.29, 0.717) is 15.4 Å². The second-order valence-electron chi connectivity index (χ2n) is 7.16. The normalized spacial score (nSPS) is 15.4. The smallest absolute Gasteiger partial charge is 0.279 e. The Morgan fingerprint density at radius 3 is 2.48 bits per heavy atom. The molecule has 1 heterocycles. The van der Waals surface area contributed by atoms with Gasteiger partial charge in [-0.1, -0.05) is 22.9 Å². The largest absolute Gasteiger partial charge is 0.319 e.